The van der Waals surface area contributed by atoms with E-state index >= 15 is 0 Å². The molecule has 0 aromatic heterocycles. The molecule has 1 unspecified atom stereocenters. The summed E-state index contributed by atoms with van der Waals surface area (Å²) in [5.41, 5.74) is 1.29. The van der Waals surface area contributed by atoms with E-state index in [1.807, 2.05) is 0 Å². The van der Waals surface area contributed by atoms with Gasteiger partial charge >= 0.3 is 0 Å². The molecule has 3 heteroatoms. The van der Waals surface area contributed by atoms with Crippen molar-refractivity contribution in [1.82, 2.24) is 4.90 Å². The summed E-state index contributed by atoms with van der Waals surface area (Å²) in [6.45, 7) is 4.74. The van der Waals surface area contributed by atoms with Crippen LogP contribution in [-0.2, 0) is 0 Å². The molecule has 1 fully saturated rings. The zero-order valence-corrected chi connectivity index (χ0v) is 10.0. The van der Waals surface area contributed by atoms with Crippen molar-refractivity contribution >= 4 is 5.78 Å². The van der Waals surface area contributed by atoms with Crippen LogP contribution in [0.1, 0.15) is 29.3 Å². The average molecular weight is 228 g/mol. The van der Waals surface area contributed by atoms with Crippen LogP contribution in [0.15, 0.2) is 24.3 Å². The van der Waals surface area contributed by atoms with Crippen LogP contribution in [0, 0.1) is 17.2 Å². The topological polar surface area (TPSA) is 44.1 Å². The molecule has 0 aliphatic carbocycles. The number of nitriles is 1. The van der Waals surface area contributed by atoms with Gasteiger partial charge in [0.15, 0.2) is 5.78 Å². The second-order valence-corrected chi connectivity index (χ2v) is 4.74. The zero-order valence-electron chi connectivity index (χ0n) is 10.0. The number of rotatable bonds is 3. The first-order valence-corrected chi connectivity index (χ1v) is 5.95. The number of hydrogen-bond acceptors (Lipinski definition) is 3. The smallest absolute Gasteiger partial charge is 0.176 e. The molecule has 0 saturated carbocycles. The Kier molecular flexibility index (Phi) is 3.55. The van der Waals surface area contributed by atoms with E-state index < -0.39 is 0 Å². The molecule has 1 aliphatic rings. The number of carbonyl (C=O) groups excluding carboxylic acids is 1. The number of Topliss-reactive ketones (excluding diaryl/α,β-unsaturated/α-hetero) is 1. The number of nitrogens with zero attached hydrogens (tertiary/aromatic N) is 2. The Morgan fingerprint density at radius 2 is 2.18 bits per heavy atom. The third-order valence-electron chi connectivity index (χ3n) is 3.21. The molecule has 0 radical (unpaired) electrons. The maximum Gasteiger partial charge on any atom is 0.176 e. The Labute approximate surface area is 102 Å². The number of hydrogen-bond donors (Lipinski definition) is 0. The van der Waals surface area contributed by atoms with E-state index in [1.54, 1.807) is 24.3 Å². The first kappa shape index (κ1) is 11.8. The maximum absolute atomic E-state index is 12.0. The minimum Gasteiger partial charge on any atom is -0.296 e. The van der Waals surface area contributed by atoms with Gasteiger partial charge in [-0.2, -0.15) is 5.26 Å². The van der Waals surface area contributed by atoms with Crippen molar-refractivity contribution in [2.24, 2.45) is 5.92 Å². The molecular formula is C14H16N2O. The summed E-state index contributed by atoms with van der Waals surface area (Å²) in [4.78, 5) is 14.2. The van der Waals surface area contributed by atoms with Crippen LogP contribution in [-0.4, -0.2) is 30.3 Å². The van der Waals surface area contributed by atoms with Crippen LogP contribution >= 0.6 is 0 Å². The van der Waals surface area contributed by atoms with Gasteiger partial charge in [0, 0.05) is 12.1 Å². The Morgan fingerprint density at radius 1 is 1.47 bits per heavy atom. The maximum atomic E-state index is 12.0. The van der Waals surface area contributed by atoms with Crippen molar-refractivity contribution in [2.75, 3.05) is 19.6 Å². The first-order valence-electron chi connectivity index (χ1n) is 5.95. The summed E-state index contributed by atoms with van der Waals surface area (Å²) in [5, 5.41) is 8.68. The quantitative estimate of drug-likeness (QED) is 0.744. The summed E-state index contributed by atoms with van der Waals surface area (Å²) >= 11 is 0. The van der Waals surface area contributed by atoms with Gasteiger partial charge in [-0.25, -0.2) is 0 Å². The lowest BCUT2D eigenvalue weighted by Gasteiger charge is -2.13. The molecule has 1 aromatic rings. The van der Waals surface area contributed by atoms with Gasteiger partial charge in [0.2, 0.25) is 0 Å². The largest absolute Gasteiger partial charge is 0.296 e. The number of carbonyl (C=O) groups is 1. The lowest BCUT2D eigenvalue weighted by Crippen LogP contribution is -2.27. The fourth-order valence-corrected chi connectivity index (χ4v) is 2.19. The lowest BCUT2D eigenvalue weighted by molar-refractivity contribution is 0.0943. The van der Waals surface area contributed by atoms with Crippen LogP contribution in [0.2, 0.25) is 0 Å². The summed E-state index contributed by atoms with van der Waals surface area (Å²) in [6, 6.07) is 8.91. The molecule has 0 amide bonds. The number of ketones is 1. The van der Waals surface area contributed by atoms with Gasteiger partial charge in [-0.15, -0.1) is 0 Å². The van der Waals surface area contributed by atoms with Gasteiger partial charge in [-0.1, -0.05) is 19.1 Å². The summed E-state index contributed by atoms with van der Waals surface area (Å²) in [7, 11) is 0. The molecule has 1 atom stereocenters. The third-order valence-corrected chi connectivity index (χ3v) is 3.21. The number of benzene rings is 1. The molecule has 88 valence electrons. The molecule has 1 aromatic carbocycles. The average Bonchev–Trinajstić information content (AvgIpc) is 2.75. The van der Waals surface area contributed by atoms with Gasteiger partial charge in [0.25, 0.3) is 0 Å². The van der Waals surface area contributed by atoms with Crippen molar-refractivity contribution in [3.63, 3.8) is 0 Å². The molecule has 1 heterocycles. The van der Waals surface area contributed by atoms with E-state index in [-0.39, 0.29) is 5.78 Å². The molecule has 0 spiro atoms. The van der Waals surface area contributed by atoms with Gasteiger partial charge < -0.3 is 0 Å². The fourth-order valence-electron chi connectivity index (χ4n) is 2.19. The Bertz CT molecular complexity index is 444. The minimum atomic E-state index is 0.142. The summed E-state index contributed by atoms with van der Waals surface area (Å²) in [6.07, 6.45) is 1.18. The molecule has 1 aliphatic heterocycles. The predicted molar refractivity (Wildman–Crippen MR) is 65.7 cm³/mol. The van der Waals surface area contributed by atoms with Crippen molar-refractivity contribution < 1.29 is 4.79 Å². The monoisotopic (exact) mass is 228 g/mol. The Balaban J connectivity index is 1.97. The highest BCUT2D eigenvalue weighted by atomic mass is 16.1. The molecule has 3 nitrogen and oxygen atoms in total. The van der Waals surface area contributed by atoms with Crippen molar-refractivity contribution in [3.8, 4) is 6.07 Å². The molecule has 2 rings (SSSR count). The molecule has 0 bridgehead atoms. The van der Waals surface area contributed by atoms with Crippen LogP contribution in [0.4, 0.5) is 0 Å². The van der Waals surface area contributed by atoms with Crippen LogP contribution in [0.3, 0.4) is 0 Å². The van der Waals surface area contributed by atoms with Crippen LogP contribution < -0.4 is 0 Å². The highest BCUT2D eigenvalue weighted by Crippen LogP contribution is 2.15. The normalized spacial score (nSPS) is 20.1. The van der Waals surface area contributed by atoms with E-state index in [4.69, 9.17) is 5.26 Å². The standard InChI is InChI=1S/C14H16N2O/c1-11-6-7-16(9-11)10-14(17)13-4-2-12(8-15)3-5-13/h2-5,11H,6-7,9-10H2,1H3. The van der Waals surface area contributed by atoms with Gasteiger partial charge in [0.1, 0.15) is 0 Å². The van der Waals surface area contributed by atoms with Crippen molar-refractivity contribution in [1.29, 1.82) is 5.26 Å². The minimum absolute atomic E-state index is 0.142. The number of likely N-dealkylation sites (tertiary alicyclic amines) is 1. The van der Waals surface area contributed by atoms with Crippen LogP contribution in [0.25, 0.3) is 0 Å². The van der Waals surface area contributed by atoms with Crippen LogP contribution in [0.5, 0.6) is 0 Å². The lowest BCUT2D eigenvalue weighted by atomic mass is 10.1. The second kappa shape index (κ2) is 5.11. The summed E-state index contributed by atoms with van der Waals surface area (Å²) in [5.74, 6) is 0.840. The molecule has 1 saturated heterocycles. The van der Waals surface area contributed by atoms with E-state index in [0.29, 0.717) is 23.6 Å². The van der Waals surface area contributed by atoms with E-state index in [0.717, 1.165) is 13.1 Å². The van der Waals surface area contributed by atoms with Crippen molar-refractivity contribution in [2.45, 2.75) is 13.3 Å². The third kappa shape index (κ3) is 2.92. The van der Waals surface area contributed by atoms with Gasteiger partial charge in [0.05, 0.1) is 18.2 Å². The predicted octanol–water partition coefficient (Wildman–Crippen LogP) is 2.08. The summed E-state index contributed by atoms with van der Waals surface area (Å²) < 4.78 is 0. The van der Waals surface area contributed by atoms with Gasteiger partial charge in [-0.05, 0) is 31.0 Å². The van der Waals surface area contributed by atoms with Crippen molar-refractivity contribution in [3.05, 3.63) is 35.4 Å². The van der Waals surface area contributed by atoms with E-state index in [1.165, 1.54) is 6.42 Å². The highest BCUT2D eigenvalue weighted by molar-refractivity contribution is 5.97. The Hall–Kier alpha value is -1.66. The van der Waals surface area contributed by atoms with E-state index in [9.17, 15) is 4.79 Å². The highest BCUT2D eigenvalue weighted by Gasteiger charge is 2.20. The van der Waals surface area contributed by atoms with E-state index in [2.05, 4.69) is 17.9 Å². The fraction of sp³-hybridized carbons (Fsp3) is 0.429. The molecular weight excluding hydrogens is 212 g/mol. The zero-order chi connectivity index (χ0) is 12.3. The SMILES string of the molecule is CC1CCN(CC(=O)c2ccc(C#N)cc2)C1. The molecule has 0 N–H and O–H groups in total. The molecule has 17 heavy (non-hydrogen) atoms. The Morgan fingerprint density at radius 3 is 2.71 bits per heavy atom. The second-order valence-electron chi connectivity index (χ2n) is 4.74. The first-order chi connectivity index (χ1) is 8.19. The van der Waals surface area contributed by atoms with Gasteiger partial charge in [-0.3, -0.25) is 9.69 Å².